The average Bonchev–Trinajstić information content (AvgIpc) is 2.60. The number of hydrogen-bond donors (Lipinski definition) is 2. The van der Waals surface area contributed by atoms with Crippen LogP contribution in [0.25, 0.3) is 0 Å². The second-order valence-electron chi connectivity index (χ2n) is 5.33. The first-order valence-corrected chi connectivity index (χ1v) is 5.60. The van der Waals surface area contributed by atoms with Crippen molar-refractivity contribution in [3.8, 4) is 0 Å². The molecule has 6 atom stereocenters. The maximum Gasteiger partial charge on any atom is 0.0545 e. The molecular weight excluding hydrogens is 164 g/mol. The zero-order chi connectivity index (χ0) is 9.00. The molecule has 13 heavy (non-hydrogen) atoms. The number of fused-ring (bicyclic) bond motifs is 3. The summed E-state index contributed by atoms with van der Waals surface area (Å²) in [4.78, 5) is 0. The highest BCUT2D eigenvalue weighted by molar-refractivity contribution is 5.01. The van der Waals surface area contributed by atoms with Gasteiger partial charge in [-0.2, -0.15) is 0 Å². The first-order chi connectivity index (χ1) is 6.24. The Bertz CT molecular complexity index is 194. The van der Waals surface area contributed by atoms with Crippen LogP contribution in [-0.4, -0.2) is 22.4 Å². The molecule has 0 bridgehead atoms. The molecule has 3 rings (SSSR count). The van der Waals surface area contributed by atoms with Crippen molar-refractivity contribution in [2.24, 2.45) is 23.7 Å². The van der Waals surface area contributed by atoms with E-state index in [4.69, 9.17) is 0 Å². The molecule has 0 amide bonds. The zero-order valence-corrected chi connectivity index (χ0v) is 7.89. The Morgan fingerprint density at radius 3 is 1.54 bits per heavy atom. The van der Waals surface area contributed by atoms with E-state index in [1.165, 1.54) is 6.42 Å². The lowest BCUT2D eigenvalue weighted by atomic mass is 9.89. The monoisotopic (exact) mass is 182 g/mol. The molecule has 0 unspecified atom stereocenters. The van der Waals surface area contributed by atoms with E-state index in [-0.39, 0.29) is 12.2 Å². The zero-order valence-electron chi connectivity index (χ0n) is 7.89. The minimum Gasteiger partial charge on any atom is -0.393 e. The largest absolute Gasteiger partial charge is 0.393 e. The predicted molar refractivity (Wildman–Crippen MR) is 49.1 cm³/mol. The van der Waals surface area contributed by atoms with Crippen molar-refractivity contribution in [1.29, 1.82) is 0 Å². The Balaban J connectivity index is 1.77. The van der Waals surface area contributed by atoms with Crippen molar-refractivity contribution in [1.82, 2.24) is 0 Å². The minimum absolute atomic E-state index is 0.0336. The van der Waals surface area contributed by atoms with Crippen LogP contribution in [0.4, 0.5) is 0 Å². The third-order valence-electron chi connectivity index (χ3n) is 4.60. The summed E-state index contributed by atoms with van der Waals surface area (Å²) in [5.41, 5.74) is 0. The van der Waals surface area contributed by atoms with Gasteiger partial charge in [0.25, 0.3) is 0 Å². The second kappa shape index (κ2) is 2.71. The van der Waals surface area contributed by atoms with E-state index < -0.39 is 0 Å². The Kier molecular flexibility index (Phi) is 1.72. The molecule has 74 valence electrons. The van der Waals surface area contributed by atoms with E-state index in [9.17, 15) is 10.2 Å². The summed E-state index contributed by atoms with van der Waals surface area (Å²) in [6.07, 6.45) is 5.31. The summed E-state index contributed by atoms with van der Waals surface area (Å²) in [7, 11) is 0. The first kappa shape index (κ1) is 8.25. The van der Waals surface area contributed by atoms with Crippen LogP contribution in [0.15, 0.2) is 0 Å². The lowest BCUT2D eigenvalue weighted by Gasteiger charge is -2.16. The maximum atomic E-state index is 9.56. The highest BCUT2D eigenvalue weighted by atomic mass is 16.3. The van der Waals surface area contributed by atoms with Crippen LogP contribution in [0.5, 0.6) is 0 Å². The normalized spacial score (nSPS) is 59.5. The van der Waals surface area contributed by atoms with Gasteiger partial charge in [-0.05, 0) is 55.8 Å². The van der Waals surface area contributed by atoms with Gasteiger partial charge in [-0.15, -0.1) is 0 Å². The molecule has 0 aromatic carbocycles. The fraction of sp³-hybridized carbons (Fsp3) is 1.00. The van der Waals surface area contributed by atoms with Crippen LogP contribution < -0.4 is 0 Å². The maximum absolute atomic E-state index is 9.56. The predicted octanol–water partition coefficient (Wildman–Crippen LogP) is 1.16. The molecule has 3 aliphatic carbocycles. The van der Waals surface area contributed by atoms with Crippen LogP contribution in [0, 0.1) is 23.7 Å². The van der Waals surface area contributed by atoms with Crippen molar-refractivity contribution >= 4 is 0 Å². The first-order valence-electron chi connectivity index (χ1n) is 5.60. The molecule has 0 aromatic heterocycles. The molecule has 0 aliphatic heterocycles. The van der Waals surface area contributed by atoms with Gasteiger partial charge in [-0.25, -0.2) is 0 Å². The van der Waals surface area contributed by atoms with Crippen molar-refractivity contribution in [2.75, 3.05) is 0 Å². The Labute approximate surface area is 79.0 Å². The summed E-state index contributed by atoms with van der Waals surface area (Å²) >= 11 is 0. The molecule has 2 nitrogen and oxygen atoms in total. The highest BCUT2D eigenvalue weighted by Gasteiger charge is 2.51. The van der Waals surface area contributed by atoms with Gasteiger partial charge in [-0.1, -0.05) is 0 Å². The summed E-state index contributed by atoms with van der Waals surface area (Å²) in [6.45, 7) is 0. The van der Waals surface area contributed by atoms with Crippen molar-refractivity contribution in [3.05, 3.63) is 0 Å². The van der Waals surface area contributed by atoms with Gasteiger partial charge in [0.2, 0.25) is 0 Å². The van der Waals surface area contributed by atoms with E-state index in [0.717, 1.165) is 49.4 Å². The van der Waals surface area contributed by atoms with E-state index in [1.54, 1.807) is 0 Å². The van der Waals surface area contributed by atoms with Crippen molar-refractivity contribution < 1.29 is 10.2 Å². The van der Waals surface area contributed by atoms with Gasteiger partial charge in [0, 0.05) is 0 Å². The molecule has 0 saturated heterocycles. The van der Waals surface area contributed by atoms with E-state index in [1.807, 2.05) is 0 Å². The molecule has 3 saturated carbocycles. The second-order valence-corrected chi connectivity index (χ2v) is 5.33. The number of aliphatic hydroxyl groups excluding tert-OH is 2. The van der Waals surface area contributed by atoms with Crippen LogP contribution in [0.1, 0.15) is 32.1 Å². The Hall–Kier alpha value is -0.0800. The quantitative estimate of drug-likeness (QED) is 0.590. The lowest BCUT2D eigenvalue weighted by molar-refractivity contribution is 0.157. The summed E-state index contributed by atoms with van der Waals surface area (Å²) in [5, 5.41) is 19.1. The van der Waals surface area contributed by atoms with E-state index in [2.05, 4.69) is 0 Å². The third kappa shape index (κ3) is 1.15. The Morgan fingerprint density at radius 1 is 0.615 bits per heavy atom. The van der Waals surface area contributed by atoms with Crippen LogP contribution in [-0.2, 0) is 0 Å². The van der Waals surface area contributed by atoms with E-state index >= 15 is 0 Å². The molecule has 2 N–H and O–H groups in total. The van der Waals surface area contributed by atoms with Gasteiger partial charge >= 0.3 is 0 Å². The molecule has 3 aliphatic rings. The Morgan fingerprint density at radius 2 is 1.08 bits per heavy atom. The fourth-order valence-electron chi connectivity index (χ4n) is 4.23. The smallest absolute Gasteiger partial charge is 0.0545 e. The average molecular weight is 182 g/mol. The number of aliphatic hydroxyl groups is 2. The van der Waals surface area contributed by atoms with Crippen LogP contribution in [0.2, 0.25) is 0 Å². The molecule has 0 heterocycles. The van der Waals surface area contributed by atoms with Crippen LogP contribution >= 0.6 is 0 Å². The molecule has 0 radical (unpaired) electrons. The molecule has 3 fully saturated rings. The van der Waals surface area contributed by atoms with E-state index in [0.29, 0.717) is 0 Å². The minimum atomic E-state index is -0.0336. The van der Waals surface area contributed by atoms with Gasteiger partial charge in [0.15, 0.2) is 0 Å². The standard InChI is InChI=1S/C11H18O2/c12-8-2-6-1-7-3-9(13)5-11(7)10(6)4-8/h6-13H,1-5H2/t6-,7+,8+,9-,10+,11-. The summed E-state index contributed by atoms with van der Waals surface area (Å²) < 4.78 is 0. The molecular formula is C11H18O2. The lowest BCUT2D eigenvalue weighted by Crippen LogP contribution is -2.12. The van der Waals surface area contributed by atoms with Crippen molar-refractivity contribution in [2.45, 2.75) is 44.3 Å². The molecule has 0 spiro atoms. The van der Waals surface area contributed by atoms with Gasteiger partial charge in [-0.3, -0.25) is 0 Å². The van der Waals surface area contributed by atoms with Crippen LogP contribution in [0.3, 0.4) is 0 Å². The van der Waals surface area contributed by atoms with Gasteiger partial charge in [0.1, 0.15) is 0 Å². The molecule has 2 heteroatoms. The number of hydrogen-bond acceptors (Lipinski definition) is 2. The third-order valence-corrected chi connectivity index (χ3v) is 4.60. The fourth-order valence-corrected chi connectivity index (χ4v) is 4.23. The molecule has 0 aromatic rings. The van der Waals surface area contributed by atoms with Gasteiger partial charge in [0.05, 0.1) is 12.2 Å². The number of rotatable bonds is 0. The topological polar surface area (TPSA) is 40.5 Å². The summed E-state index contributed by atoms with van der Waals surface area (Å²) in [5.74, 6) is 3.07. The SMILES string of the molecule is O[C@@H]1C[C@@H]2C[C@@H]3C[C@H](O)C[C@@H]3[C@@H]2C1. The van der Waals surface area contributed by atoms with Crippen molar-refractivity contribution in [3.63, 3.8) is 0 Å². The summed E-state index contributed by atoms with van der Waals surface area (Å²) in [6, 6.07) is 0. The van der Waals surface area contributed by atoms with Gasteiger partial charge < -0.3 is 10.2 Å². The highest BCUT2D eigenvalue weighted by Crippen LogP contribution is 2.56.